The Bertz CT molecular complexity index is 473. The van der Waals surface area contributed by atoms with Crippen LogP contribution in [0.5, 0.6) is 0 Å². The van der Waals surface area contributed by atoms with E-state index < -0.39 is 17.3 Å². The number of rotatable bonds is 3. The zero-order valence-electron chi connectivity index (χ0n) is 10.8. The molecule has 1 heterocycles. The number of amides is 1. The monoisotopic (exact) mass is 285 g/mol. The molecule has 19 heavy (non-hydrogen) atoms. The van der Waals surface area contributed by atoms with Gasteiger partial charge in [0.05, 0.1) is 11.1 Å². The number of carbonyl (C=O) groups excluding carboxylic acids is 1. The Balaban J connectivity index is 2.17. The molecule has 0 atom stereocenters. The number of nitrogens with one attached hydrogen (secondary N) is 1. The maximum absolute atomic E-state index is 13.7. The molecule has 1 aliphatic rings. The summed E-state index contributed by atoms with van der Waals surface area (Å²) in [5.41, 5.74) is 0.419. The predicted octanol–water partition coefficient (Wildman–Crippen LogP) is 2.65. The summed E-state index contributed by atoms with van der Waals surface area (Å²) in [6.07, 6.45) is 1.30. The minimum absolute atomic E-state index is 0.0657. The number of hydrogen-bond donors (Lipinski definition) is 1. The molecule has 0 spiro atoms. The van der Waals surface area contributed by atoms with Crippen molar-refractivity contribution in [2.24, 2.45) is 0 Å². The van der Waals surface area contributed by atoms with Crippen LogP contribution in [0.1, 0.15) is 28.8 Å². The van der Waals surface area contributed by atoms with Crippen molar-refractivity contribution in [1.29, 1.82) is 0 Å². The fourth-order valence-corrected chi connectivity index (χ4v) is 2.51. The third kappa shape index (κ3) is 3.25. The van der Waals surface area contributed by atoms with Gasteiger partial charge < -0.3 is 10.1 Å². The molecule has 1 aliphatic heterocycles. The first-order chi connectivity index (χ1) is 9.06. The van der Waals surface area contributed by atoms with E-state index in [0.29, 0.717) is 31.9 Å². The number of ether oxygens (including phenoxy) is 1. The van der Waals surface area contributed by atoms with Crippen LogP contribution in [0, 0.1) is 12.7 Å². The van der Waals surface area contributed by atoms with Crippen molar-refractivity contribution in [3.8, 4) is 0 Å². The molecule has 0 saturated carbocycles. The molecule has 104 valence electrons. The van der Waals surface area contributed by atoms with Gasteiger partial charge >= 0.3 is 0 Å². The van der Waals surface area contributed by atoms with Gasteiger partial charge in [-0.25, -0.2) is 4.39 Å². The van der Waals surface area contributed by atoms with Crippen LogP contribution >= 0.6 is 11.6 Å². The molecule has 1 aromatic carbocycles. The fourth-order valence-electron chi connectivity index (χ4n) is 2.18. The van der Waals surface area contributed by atoms with Crippen molar-refractivity contribution < 1.29 is 13.9 Å². The fraction of sp³-hybridized carbons (Fsp3) is 0.500. The van der Waals surface area contributed by atoms with Crippen molar-refractivity contribution in [3.63, 3.8) is 0 Å². The van der Waals surface area contributed by atoms with Gasteiger partial charge in [-0.05, 0) is 31.9 Å². The van der Waals surface area contributed by atoms with Gasteiger partial charge in [-0.15, -0.1) is 11.6 Å². The molecule has 1 fully saturated rings. The number of hydrogen-bond acceptors (Lipinski definition) is 2. The predicted molar refractivity (Wildman–Crippen MR) is 72.1 cm³/mol. The van der Waals surface area contributed by atoms with E-state index in [4.69, 9.17) is 16.3 Å². The Morgan fingerprint density at radius 1 is 1.47 bits per heavy atom. The van der Waals surface area contributed by atoms with E-state index in [9.17, 15) is 9.18 Å². The lowest BCUT2D eigenvalue weighted by molar-refractivity contribution is 0.0432. The SMILES string of the molecule is Cc1ccc(F)c(C(=O)NC2(CCl)CCOCC2)c1. The number of halogens is 2. The highest BCUT2D eigenvalue weighted by molar-refractivity contribution is 6.19. The zero-order valence-corrected chi connectivity index (χ0v) is 11.6. The standard InChI is InChI=1S/C14H17ClFNO2/c1-10-2-3-12(16)11(8-10)13(18)17-14(9-15)4-6-19-7-5-14/h2-3,8H,4-7,9H2,1H3,(H,17,18). The van der Waals surface area contributed by atoms with Crippen LogP contribution in [-0.4, -0.2) is 30.5 Å². The van der Waals surface area contributed by atoms with Crippen LogP contribution in [0.2, 0.25) is 0 Å². The van der Waals surface area contributed by atoms with Crippen LogP contribution in [-0.2, 0) is 4.74 Å². The Labute approximate surface area is 117 Å². The summed E-state index contributed by atoms with van der Waals surface area (Å²) in [6.45, 7) is 2.94. The summed E-state index contributed by atoms with van der Waals surface area (Å²) in [4.78, 5) is 12.2. The van der Waals surface area contributed by atoms with Crippen molar-refractivity contribution in [2.75, 3.05) is 19.1 Å². The first-order valence-electron chi connectivity index (χ1n) is 6.29. The van der Waals surface area contributed by atoms with E-state index in [2.05, 4.69) is 5.32 Å². The topological polar surface area (TPSA) is 38.3 Å². The molecular formula is C14H17ClFNO2. The maximum atomic E-state index is 13.7. The first kappa shape index (κ1) is 14.3. The number of aryl methyl sites for hydroxylation is 1. The highest BCUT2D eigenvalue weighted by atomic mass is 35.5. The van der Waals surface area contributed by atoms with E-state index >= 15 is 0 Å². The first-order valence-corrected chi connectivity index (χ1v) is 6.82. The molecule has 1 N–H and O–H groups in total. The van der Waals surface area contributed by atoms with Crippen molar-refractivity contribution >= 4 is 17.5 Å². The summed E-state index contributed by atoms with van der Waals surface area (Å²) in [5.74, 6) is -0.626. The second-order valence-corrected chi connectivity index (χ2v) is 5.23. The van der Waals surface area contributed by atoms with Crippen LogP contribution in [0.3, 0.4) is 0 Å². The van der Waals surface area contributed by atoms with Crippen molar-refractivity contribution in [2.45, 2.75) is 25.3 Å². The Morgan fingerprint density at radius 2 is 2.16 bits per heavy atom. The lowest BCUT2D eigenvalue weighted by atomic mass is 9.91. The highest BCUT2D eigenvalue weighted by Gasteiger charge is 2.34. The summed E-state index contributed by atoms with van der Waals surface area (Å²) in [6, 6.07) is 4.49. The number of benzene rings is 1. The third-order valence-electron chi connectivity index (χ3n) is 3.45. The summed E-state index contributed by atoms with van der Waals surface area (Å²) in [5, 5.41) is 2.88. The molecule has 5 heteroatoms. The molecular weight excluding hydrogens is 269 g/mol. The van der Waals surface area contributed by atoms with E-state index in [0.717, 1.165) is 5.56 Å². The van der Waals surface area contributed by atoms with Crippen LogP contribution < -0.4 is 5.32 Å². The molecule has 0 aromatic heterocycles. The molecule has 1 aromatic rings. The van der Waals surface area contributed by atoms with Gasteiger partial charge in [0, 0.05) is 19.1 Å². The van der Waals surface area contributed by atoms with Gasteiger partial charge in [-0.2, -0.15) is 0 Å². The van der Waals surface area contributed by atoms with Crippen LogP contribution in [0.4, 0.5) is 4.39 Å². The molecule has 0 radical (unpaired) electrons. The van der Waals surface area contributed by atoms with E-state index in [-0.39, 0.29) is 5.56 Å². The van der Waals surface area contributed by atoms with Crippen molar-refractivity contribution in [3.05, 3.63) is 35.1 Å². The number of carbonyl (C=O) groups is 1. The van der Waals surface area contributed by atoms with Gasteiger partial charge in [-0.1, -0.05) is 11.6 Å². The van der Waals surface area contributed by atoms with Crippen LogP contribution in [0.15, 0.2) is 18.2 Å². The zero-order chi connectivity index (χ0) is 13.9. The van der Waals surface area contributed by atoms with Crippen molar-refractivity contribution in [1.82, 2.24) is 5.32 Å². The lowest BCUT2D eigenvalue weighted by Gasteiger charge is -2.36. The van der Waals surface area contributed by atoms with Gasteiger partial charge in [0.25, 0.3) is 5.91 Å². The molecule has 2 rings (SSSR count). The van der Waals surface area contributed by atoms with Gasteiger partial charge in [0.15, 0.2) is 0 Å². The Hall–Kier alpha value is -1.13. The molecule has 0 bridgehead atoms. The van der Waals surface area contributed by atoms with Gasteiger partial charge in [0.1, 0.15) is 5.82 Å². The largest absolute Gasteiger partial charge is 0.381 e. The minimum atomic E-state index is -0.514. The third-order valence-corrected chi connectivity index (χ3v) is 3.96. The summed E-state index contributed by atoms with van der Waals surface area (Å²) < 4.78 is 19.0. The Kier molecular flexibility index (Phi) is 4.42. The minimum Gasteiger partial charge on any atom is -0.381 e. The second-order valence-electron chi connectivity index (χ2n) is 4.96. The molecule has 3 nitrogen and oxygen atoms in total. The summed E-state index contributed by atoms with van der Waals surface area (Å²) >= 11 is 5.98. The van der Waals surface area contributed by atoms with Gasteiger partial charge in [-0.3, -0.25) is 4.79 Å². The highest BCUT2D eigenvalue weighted by Crippen LogP contribution is 2.23. The molecule has 0 unspecified atom stereocenters. The average Bonchev–Trinajstić information content (AvgIpc) is 2.42. The smallest absolute Gasteiger partial charge is 0.254 e. The molecule has 1 saturated heterocycles. The van der Waals surface area contributed by atoms with E-state index in [1.54, 1.807) is 12.1 Å². The Morgan fingerprint density at radius 3 is 2.79 bits per heavy atom. The quantitative estimate of drug-likeness (QED) is 0.867. The summed E-state index contributed by atoms with van der Waals surface area (Å²) in [7, 11) is 0. The van der Waals surface area contributed by atoms with E-state index in [1.807, 2.05) is 6.92 Å². The van der Waals surface area contributed by atoms with Crippen LogP contribution in [0.25, 0.3) is 0 Å². The normalized spacial score (nSPS) is 18.1. The molecule has 0 aliphatic carbocycles. The average molecular weight is 286 g/mol. The lowest BCUT2D eigenvalue weighted by Crippen LogP contribution is -2.53. The number of alkyl halides is 1. The second kappa shape index (κ2) is 5.88. The van der Waals surface area contributed by atoms with Gasteiger partial charge in [0.2, 0.25) is 0 Å². The maximum Gasteiger partial charge on any atom is 0.254 e. The van der Waals surface area contributed by atoms with E-state index in [1.165, 1.54) is 6.07 Å². The molecule has 1 amide bonds.